The average Bonchev–Trinajstić information content (AvgIpc) is 2.88. The molecular formula is C27H27N3O4S. The minimum absolute atomic E-state index is 0.0808. The SMILES string of the molecule is CCOc1ccc(NC(=O)C2CC(=O)N(Cc3ccc(OC)cc3)C(=Nc3ccccc3)S2)cc1. The first-order valence-corrected chi connectivity index (χ1v) is 12.2. The highest BCUT2D eigenvalue weighted by Crippen LogP contribution is 2.31. The van der Waals surface area contributed by atoms with Crippen molar-refractivity contribution >= 4 is 40.1 Å². The fourth-order valence-electron chi connectivity index (χ4n) is 3.55. The summed E-state index contributed by atoms with van der Waals surface area (Å²) in [5.74, 6) is 1.09. The quantitative estimate of drug-likeness (QED) is 0.467. The van der Waals surface area contributed by atoms with Crippen LogP contribution in [0.15, 0.2) is 83.9 Å². The van der Waals surface area contributed by atoms with E-state index in [1.807, 2.05) is 61.5 Å². The van der Waals surface area contributed by atoms with Gasteiger partial charge in [-0.2, -0.15) is 0 Å². The summed E-state index contributed by atoms with van der Waals surface area (Å²) >= 11 is 1.30. The van der Waals surface area contributed by atoms with Gasteiger partial charge >= 0.3 is 0 Å². The van der Waals surface area contributed by atoms with E-state index in [1.165, 1.54) is 11.8 Å². The van der Waals surface area contributed by atoms with E-state index >= 15 is 0 Å². The number of carbonyl (C=O) groups excluding carboxylic acids is 2. The fraction of sp³-hybridized carbons (Fsp3) is 0.222. The van der Waals surface area contributed by atoms with Gasteiger partial charge in [0, 0.05) is 12.1 Å². The molecule has 1 N–H and O–H groups in total. The number of nitrogens with one attached hydrogen (secondary N) is 1. The lowest BCUT2D eigenvalue weighted by Gasteiger charge is -2.32. The monoisotopic (exact) mass is 489 g/mol. The third-order valence-corrected chi connectivity index (χ3v) is 6.53. The van der Waals surface area contributed by atoms with Crippen molar-refractivity contribution in [3.63, 3.8) is 0 Å². The Morgan fingerprint density at radius 3 is 2.37 bits per heavy atom. The number of aliphatic imine (C=N–C) groups is 1. The third-order valence-electron chi connectivity index (χ3n) is 5.35. The maximum absolute atomic E-state index is 13.2. The third kappa shape index (κ3) is 6.42. The first-order chi connectivity index (χ1) is 17.1. The van der Waals surface area contributed by atoms with Crippen molar-refractivity contribution in [2.75, 3.05) is 19.0 Å². The van der Waals surface area contributed by atoms with E-state index in [0.29, 0.717) is 24.0 Å². The molecule has 1 fully saturated rings. The van der Waals surface area contributed by atoms with Gasteiger partial charge < -0.3 is 14.8 Å². The average molecular weight is 490 g/mol. The molecule has 0 aromatic heterocycles. The number of amidine groups is 1. The molecule has 1 aliphatic rings. The number of methoxy groups -OCH3 is 1. The van der Waals surface area contributed by atoms with Crippen LogP contribution in [0.2, 0.25) is 0 Å². The van der Waals surface area contributed by atoms with Crippen molar-refractivity contribution in [2.45, 2.75) is 25.1 Å². The summed E-state index contributed by atoms with van der Waals surface area (Å²) in [6.07, 6.45) is 0.0808. The molecule has 0 saturated carbocycles. The van der Waals surface area contributed by atoms with E-state index < -0.39 is 5.25 Å². The lowest BCUT2D eigenvalue weighted by atomic mass is 10.2. The zero-order chi connectivity index (χ0) is 24.6. The number of benzene rings is 3. The minimum Gasteiger partial charge on any atom is -0.497 e. The van der Waals surface area contributed by atoms with Gasteiger partial charge in [0.15, 0.2) is 5.17 Å². The van der Waals surface area contributed by atoms with Gasteiger partial charge in [0.25, 0.3) is 0 Å². The normalized spacial score (nSPS) is 16.7. The van der Waals surface area contributed by atoms with E-state index in [0.717, 1.165) is 22.7 Å². The van der Waals surface area contributed by atoms with Gasteiger partial charge in [0.05, 0.1) is 25.9 Å². The number of ether oxygens (including phenoxy) is 2. The molecular weight excluding hydrogens is 462 g/mol. The number of anilines is 1. The fourth-order valence-corrected chi connectivity index (χ4v) is 4.65. The maximum Gasteiger partial charge on any atom is 0.238 e. The van der Waals surface area contributed by atoms with Crippen LogP contribution < -0.4 is 14.8 Å². The smallest absolute Gasteiger partial charge is 0.238 e. The predicted molar refractivity (Wildman–Crippen MR) is 139 cm³/mol. The molecule has 2 amide bonds. The van der Waals surface area contributed by atoms with E-state index in [-0.39, 0.29) is 18.2 Å². The second-order valence-electron chi connectivity index (χ2n) is 7.82. The molecule has 1 heterocycles. The van der Waals surface area contributed by atoms with E-state index in [1.54, 1.807) is 36.3 Å². The number of hydrogen-bond donors (Lipinski definition) is 1. The van der Waals surface area contributed by atoms with Crippen LogP contribution in [0, 0.1) is 0 Å². The van der Waals surface area contributed by atoms with Crippen LogP contribution in [-0.2, 0) is 16.1 Å². The van der Waals surface area contributed by atoms with E-state index in [4.69, 9.17) is 14.5 Å². The van der Waals surface area contributed by atoms with Gasteiger partial charge in [0.1, 0.15) is 16.7 Å². The molecule has 3 aromatic rings. The number of amides is 2. The van der Waals surface area contributed by atoms with E-state index in [2.05, 4.69) is 5.32 Å². The molecule has 1 unspecified atom stereocenters. The van der Waals surface area contributed by atoms with Crippen LogP contribution in [0.5, 0.6) is 11.5 Å². The summed E-state index contributed by atoms with van der Waals surface area (Å²) in [5, 5.41) is 2.81. The topological polar surface area (TPSA) is 80.2 Å². The van der Waals surface area contributed by atoms with Crippen LogP contribution >= 0.6 is 11.8 Å². The molecule has 0 spiro atoms. The summed E-state index contributed by atoms with van der Waals surface area (Å²) in [7, 11) is 1.61. The molecule has 0 aliphatic carbocycles. The van der Waals surface area contributed by atoms with Crippen LogP contribution in [0.3, 0.4) is 0 Å². The summed E-state index contributed by atoms with van der Waals surface area (Å²) in [4.78, 5) is 32.6. The second-order valence-corrected chi connectivity index (χ2v) is 8.99. The van der Waals surface area contributed by atoms with Gasteiger partial charge in [0.2, 0.25) is 11.8 Å². The van der Waals surface area contributed by atoms with Crippen molar-refractivity contribution in [3.05, 3.63) is 84.4 Å². The molecule has 7 nitrogen and oxygen atoms in total. The standard InChI is InChI=1S/C27H27N3O4S/c1-3-34-23-15-11-21(12-16-23)28-26(32)24-17-25(31)30(18-19-9-13-22(33-2)14-10-19)27(35-24)29-20-7-5-4-6-8-20/h4-16,24H,3,17-18H2,1-2H3,(H,28,32). The molecule has 180 valence electrons. The van der Waals surface area contributed by atoms with Crippen LogP contribution in [0.1, 0.15) is 18.9 Å². The van der Waals surface area contributed by atoms with E-state index in [9.17, 15) is 9.59 Å². The molecule has 4 rings (SSSR count). The summed E-state index contributed by atoms with van der Waals surface area (Å²) in [6, 6.07) is 24.1. The van der Waals surface area contributed by atoms with Crippen LogP contribution in [-0.4, -0.2) is 40.8 Å². The lowest BCUT2D eigenvalue weighted by Crippen LogP contribution is -2.44. The maximum atomic E-state index is 13.2. The minimum atomic E-state index is -0.594. The Kier molecular flexibility index (Phi) is 8.05. The largest absolute Gasteiger partial charge is 0.497 e. The number of thioether (sulfide) groups is 1. The lowest BCUT2D eigenvalue weighted by molar-refractivity contribution is -0.129. The number of hydrogen-bond acceptors (Lipinski definition) is 6. The molecule has 35 heavy (non-hydrogen) atoms. The Balaban J connectivity index is 1.53. The molecule has 0 radical (unpaired) electrons. The first-order valence-electron chi connectivity index (χ1n) is 11.3. The Bertz CT molecular complexity index is 1180. The highest BCUT2D eigenvalue weighted by atomic mass is 32.2. The number of para-hydroxylation sites is 1. The molecule has 3 aromatic carbocycles. The summed E-state index contributed by atoms with van der Waals surface area (Å²) < 4.78 is 10.7. The first kappa shape index (κ1) is 24.3. The number of nitrogens with zero attached hydrogens (tertiary/aromatic N) is 2. The highest BCUT2D eigenvalue weighted by Gasteiger charge is 2.36. The van der Waals surface area contributed by atoms with Crippen molar-refractivity contribution in [3.8, 4) is 11.5 Å². The van der Waals surface area contributed by atoms with Crippen molar-refractivity contribution < 1.29 is 19.1 Å². The van der Waals surface area contributed by atoms with Crippen LogP contribution in [0.25, 0.3) is 0 Å². The van der Waals surface area contributed by atoms with Gasteiger partial charge in [-0.3, -0.25) is 14.5 Å². The Labute approximate surface area is 209 Å². The second kappa shape index (κ2) is 11.6. The Hall–Kier alpha value is -3.78. The zero-order valence-corrected chi connectivity index (χ0v) is 20.5. The number of rotatable bonds is 8. The molecule has 1 aliphatic heterocycles. The Morgan fingerprint density at radius 1 is 1.03 bits per heavy atom. The molecule has 1 atom stereocenters. The molecule has 1 saturated heterocycles. The molecule has 0 bridgehead atoms. The zero-order valence-electron chi connectivity index (χ0n) is 19.6. The Morgan fingerprint density at radius 2 is 1.71 bits per heavy atom. The van der Waals surface area contributed by atoms with Crippen molar-refractivity contribution in [1.29, 1.82) is 0 Å². The van der Waals surface area contributed by atoms with Gasteiger partial charge in [-0.1, -0.05) is 42.1 Å². The summed E-state index contributed by atoms with van der Waals surface area (Å²) in [5.41, 5.74) is 2.31. The van der Waals surface area contributed by atoms with Gasteiger partial charge in [-0.15, -0.1) is 0 Å². The summed E-state index contributed by atoms with van der Waals surface area (Å²) in [6.45, 7) is 2.84. The number of carbonyl (C=O) groups is 2. The van der Waals surface area contributed by atoms with Crippen molar-refractivity contribution in [2.24, 2.45) is 4.99 Å². The van der Waals surface area contributed by atoms with Gasteiger partial charge in [-0.05, 0) is 61.0 Å². The highest BCUT2D eigenvalue weighted by molar-refractivity contribution is 8.15. The molecule has 8 heteroatoms. The predicted octanol–water partition coefficient (Wildman–Crippen LogP) is 5.25. The van der Waals surface area contributed by atoms with Gasteiger partial charge in [-0.25, -0.2) is 4.99 Å². The van der Waals surface area contributed by atoms with Crippen molar-refractivity contribution in [1.82, 2.24) is 4.90 Å². The van der Waals surface area contributed by atoms with Crippen LogP contribution in [0.4, 0.5) is 11.4 Å².